The van der Waals surface area contributed by atoms with Gasteiger partial charge >= 0.3 is 0 Å². The fraction of sp³-hybridized carbons (Fsp3) is 0.143. The number of nitrogens with zero attached hydrogens (tertiary/aromatic N) is 4. The van der Waals surface area contributed by atoms with Gasteiger partial charge in [-0.15, -0.1) is 0 Å². The van der Waals surface area contributed by atoms with Crippen molar-refractivity contribution in [2.24, 2.45) is 0 Å². The van der Waals surface area contributed by atoms with Crippen LogP contribution in [0.15, 0.2) is 54.9 Å². The molecule has 0 spiro atoms. The molecule has 3 heterocycles. The Bertz CT molecular complexity index is 1030. The molecule has 0 saturated carbocycles. The third kappa shape index (κ3) is 3.48. The molecule has 0 saturated heterocycles. The monoisotopic (exact) mass is 355 g/mol. The van der Waals surface area contributed by atoms with E-state index in [0.717, 1.165) is 34.5 Å². The first-order valence-electron chi connectivity index (χ1n) is 8.68. The fourth-order valence-corrected chi connectivity index (χ4v) is 3.17. The Hall–Kier alpha value is -3.72. The number of fused-ring (bicyclic) bond motifs is 1. The van der Waals surface area contributed by atoms with Crippen molar-refractivity contribution in [1.29, 1.82) is 5.26 Å². The van der Waals surface area contributed by atoms with Crippen LogP contribution < -0.4 is 0 Å². The maximum Gasteiger partial charge on any atom is 0.246 e. The fourth-order valence-electron chi connectivity index (χ4n) is 3.17. The van der Waals surface area contributed by atoms with Crippen LogP contribution in [0.5, 0.6) is 0 Å². The molecule has 4 rings (SSSR count). The lowest BCUT2D eigenvalue weighted by Gasteiger charge is -2.26. The highest BCUT2D eigenvalue weighted by Gasteiger charge is 2.24. The number of rotatable bonds is 3. The van der Waals surface area contributed by atoms with Gasteiger partial charge in [-0.3, -0.25) is 14.9 Å². The van der Waals surface area contributed by atoms with Gasteiger partial charge in [0.05, 0.1) is 17.3 Å². The molecule has 1 N–H and O–H groups in total. The summed E-state index contributed by atoms with van der Waals surface area (Å²) in [5, 5.41) is 16.5. The first-order valence-corrected chi connectivity index (χ1v) is 8.68. The Balaban J connectivity index is 1.54. The quantitative estimate of drug-likeness (QED) is 0.732. The second kappa shape index (κ2) is 7.26. The van der Waals surface area contributed by atoms with E-state index in [2.05, 4.69) is 21.3 Å². The molecule has 6 nitrogen and oxygen atoms in total. The summed E-state index contributed by atoms with van der Waals surface area (Å²) in [7, 11) is 0. The van der Waals surface area contributed by atoms with E-state index in [1.54, 1.807) is 36.7 Å². The minimum Gasteiger partial charge on any atom is -0.334 e. The first-order chi connectivity index (χ1) is 13.2. The van der Waals surface area contributed by atoms with Gasteiger partial charge in [0.1, 0.15) is 0 Å². The highest BCUT2D eigenvalue weighted by molar-refractivity contribution is 5.92. The van der Waals surface area contributed by atoms with Gasteiger partial charge in [0.2, 0.25) is 5.91 Å². The Morgan fingerprint density at radius 1 is 1.26 bits per heavy atom. The van der Waals surface area contributed by atoms with Gasteiger partial charge in [0, 0.05) is 54.8 Å². The summed E-state index contributed by atoms with van der Waals surface area (Å²) in [5.41, 5.74) is 5.38. The van der Waals surface area contributed by atoms with Crippen LogP contribution in [0, 0.1) is 11.3 Å². The number of aromatic amines is 1. The van der Waals surface area contributed by atoms with E-state index < -0.39 is 0 Å². The zero-order valence-electron chi connectivity index (χ0n) is 14.6. The molecule has 0 aliphatic carbocycles. The molecule has 1 amide bonds. The molecule has 6 heteroatoms. The normalized spacial score (nSPS) is 13.4. The second-order valence-corrected chi connectivity index (χ2v) is 6.35. The molecule has 0 radical (unpaired) electrons. The average molecular weight is 355 g/mol. The third-order valence-electron chi connectivity index (χ3n) is 4.64. The van der Waals surface area contributed by atoms with E-state index >= 15 is 0 Å². The van der Waals surface area contributed by atoms with Gasteiger partial charge < -0.3 is 4.90 Å². The number of nitriles is 1. The highest BCUT2D eigenvalue weighted by atomic mass is 16.2. The molecule has 0 bridgehead atoms. The standard InChI is InChI=1S/C21H17N5O/c22-12-15-3-6-17(7-4-15)21-18-14-26(11-9-19(18)24-25-21)20(27)8-5-16-2-1-10-23-13-16/h1-8,10,13H,9,11,14H2,(H,24,25). The zero-order chi connectivity index (χ0) is 18.6. The summed E-state index contributed by atoms with van der Waals surface area (Å²) in [6, 6.07) is 13.2. The number of nitrogens with one attached hydrogen (secondary N) is 1. The summed E-state index contributed by atoms with van der Waals surface area (Å²) in [4.78, 5) is 18.5. The number of aromatic nitrogens is 3. The van der Waals surface area contributed by atoms with Crippen molar-refractivity contribution in [3.63, 3.8) is 0 Å². The number of benzene rings is 1. The molecular formula is C21H17N5O. The van der Waals surface area contributed by atoms with Crippen LogP contribution >= 0.6 is 0 Å². The van der Waals surface area contributed by atoms with E-state index in [1.807, 2.05) is 29.2 Å². The van der Waals surface area contributed by atoms with E-state index in [1.165, 1.54) is 0 Å². The predicted octanol–water partition coefficient (Wildman–Crippen LogP) is 2.94. The Labute approximate surface area is 156 Å². The van der Waals surface area contributed by atoms with E-state index in [4.69, 9.17) is 5.26 Å². The number of hydrogen-bond donors (Lipinski definition) is 1. The van der Waals surface area contributed by atoms with E-state index in [9.17, 15) is 4.79 Å². The minimum atomic E-state index is -0.0310. The molecular weight excluding hydrogens is 338 g/mol. The smallest absolute Gasteiger partial charge is 0.246 e. The third-order valence-corrected chi connectivity index (χ3v) is 4.64. The van der Waals surface area contributed by atoms with Gasteiger partial charge in [-0.1, -0.05) is 18.2 Å². The van der Waals surface area contributed by atoms with Crippen molar-refractivity contribution >= 4 is 12.0 Å². The first kappa shape index (κ1) is 16.7. The Morgan fingerprint density at radius 2 is 2.11 bits per heavy atom. The molecule has 1 aliphatic rings. The molecule has 27 heavy (non-hydrogen) atoms. The van der Waals surface area contributed by atoms with Crippen LogP contribution in [-0.2, 0) is 17.8 Å². The van der Waals surface area contributed by atoms with E-state index in [-0.39, 0.29) is 5.91 Å². The molecule has 0 fully saturated rings. The largest absolute Gasteiger partial charge is 0.334 e. The van der Waals surface area contributed by atoms with Crippen molar-refractivity contribution in [3.8, 4) is 17.3 Å². The Kier molecular flexibility index (Phi) is 4.50. The predicted molar refractivity (Wildman–Crippen MR) is 101 cm³/mol. The van der Waals surface area contributed by atoms with Gasteiger partial charge in [-0.25, -0.2) is 0 Å². The minimum absolute atomic E-state index is 0.0310. The van der Waals surface area contributed by atoms with Crippen molar-refractivity contribution in [2.75, 3.05) is 6.54 Å². The lowest BCUT2D eigenvalue weighted by molar-refractivity contribution is -0.126. The topological polar surface area (TPSA) is 85.7 Å². The average Bonchev–Trinajstić information content (AvgIpc) is 3.16. The van der Waals surface area contributed by atoms with Crippen LogP contribution in [0.4, 0.5) is 0 Å². The molecule has 1 aliphatic heterocycles. The zero-order valence-corrected chi connectivity index (χ0v) is 14.6. The van der Waals surface area contributed by atoms with Gasteiger partial charge in [0.15, 0.2) is 0 Å². The van der Waals surface area contributed by atoms with Crippen LogP contribution in [0.1, 0.15) is 22.4 Å². The molecule has 1 aromatic carbocycles. The summed E-state index contributed by atoms with van der Waals surface area (Å²) >= 11 is 0. The molecule has 132 valence electrons. The van der Waals surface area contributed by atoms with E-state index in [0.29, 0.717) is 18.7 Å². The lowest BCUT2D eigenvalue weighted by atomic mass is 10.00. The Morgan fingerprint density at radius 3 is 2.85 bits per heavy atom. The highest BCUT2D eigenvalue weighted by Crippen LogP contribution is 2.28. The second-order valence-electron chi connectivity index (χ2n) is 6.35. The number of carbonyl (C=O) groups is 1. The van der Waals surface area contributed by atoms with Gasteiger partial charge in [-0.05, 0) is 29.8 Å². The van der Waals surface area contributed by atoms with Crippen LogP contribution in [-0.4, -0.2) is 32.5 Å². The molecule has 0 unspecified atom stereocenters. The maximum absolute atomic E-state index is 12.6. The molecule has 2 aromatic heterocycles. The van der Waals surface area contributed by atoms with Crippen LogP contribution in [0.25, 0.3) is 17.3 Å². The van der Waals surface area contributed by atoms with Crippen LogP contribution in [0.2, 0.25) is 0 Å². The number of carbonyl (C=O) groups excluding carboxylic acids is 1. The molecule has 3 aromatic rings. The number of H-pyrrole nitrogens is 1. The lowest BCUT2D eigenvalue weighted by Crippen LogP contribution is -2.34. The van der Waals surface area contributed by atoms with Crippen molar-refractivity contribution < 1.29 is 4.79 Å². The van der Waals surface area contributed by atoms with Crippen molar-refractivity contribution in [2.45, 2.75) is 13.0 Å². The van der Waals surface area contributed by atoms with Gasteiger partial charge in [0.25, 0.3) is 0 Å². The number of hydrogen-bond acceptors (Lipinski definition) is 4. The summed E-state index contributed by atoms with van der Waals surface area (Å²) in [6.07, 6.45) is 7.53. The summed E-state index contributed by atoms with van der Waals surface area (Å²) < 4.78 is 0. The van der Waals surface area contributed by atoms with Gasteiger partial charge in [-0.2, -0.15) is 10.4 Å². The molecule has 0 atom stereocenters. The number of pyridine rings is 1. The van der Waals surface area contributed by atoms with Crippen molar-refractivity contribution in [1.82, 2.24) is 20.1 Å². The number of amides is 1. The SMILES string of the molecule is N#Cc1ccc(-c2n[nH]c3c2CN(C(=O)C=Cc2cccnc2)CC3)cc1. The van der Waals surface area contributed by atoms with Crippen molar-refractivity contribution in [3.05, 3.63) is 77.3 Å². The maximum atomic E-state index is 12.6. The summed E-state index contributed by atoms with van der Waals surface area (Å²) in [6.45, 7) is 1.16. The summed E-state index contributed by atoms with van der Waals surface area (Å²) in [5.74, 6) is -0.0310. The van der Waals surface area contributed by atoms with Crippen LogP contribution in [0.3, 0.4) is 0 Å².